The van der Waals surface area contributed by atoms with Crippen molar-refractivity contribution in [1.82, 2.24) is 9.88 Å². The SMILES string of the molecule is Fc1ccc(C23CCCN2CCC3)cn1. The van der Waals surface area contributed by atoms with Gasteiger partial charge in [0, 0.05) is 11.7 Å². The van der Waals surface area contributed by atoms with Gasteiger partial charge in [-0.3, -0.25) is 4.90 Å². The van der Waals surface area contributed by atoms with Gasteiger partial charge in [0.2, 0.25) is 5.95 Å². The second kappa shape index (κ2) is 3.27. The smallest absolute Gasteiger partial charge is 0.212 e. The first-order valence-corrected chi connectivity index (χ1v) is 5.68. The van der Waals surface area contributed by atoms with Crippen LogP contribution in [0.2, 0.25) is 0 Å². The molecule has 2 nitrogen and oxygen atoms in total. The predicted molar refractivity (Wildman–Crippen MR) is 55.9 cm³/mol. The largest absolute Gasteiger partial charge is 0.294 e. The van der Waals surface area contributed by atoms with E-state index in [1.54, 1.807) is 6.20 Å². The molecule has 2 aliphatic rings. The number of fused-ring (bicyclic) bond motifs is 1. The summed E-state index contributed by atoms with van der Waals surface area (Å²) in [7, 11) is 0. The monoisotopic (exact) mass is 206 g/mol. The summed E-state index contributed by atoms with van der Waals surface area (Å²) in [5, 5.41) is 0. The van der Waals surface area contributed by atoms with Gasteiger partial charge in [0.15, 0.2) is 0 Å². The minimum atomic E-state index is -0.377. The fraction of sp³-hybridized carbons (Fsp3) is 0.583. The van der Waals surface area contributed by atoms with E-state index in [9.17, 15) is 4.39 Å². The Morgan fingerprint density at radius 1 is 1.20 bits per heavy atom. The number of halogens is 1. The third-order valence-corrected chi connectivity index (χ3v) is 3.91. The maximum absolute atomic E-state index is 12.8. The van der Waals surface area contributed by atoms with Gasteiger partial charge >= 0.3 is 0 Å². The van der Waals surface area contributed by atoms with E-state index in [0.29, 0.717) is 0 Å². The molecule has 3 rings (SSSR count). The highest BCUT2D eigenvalue weighted by Crippen LogP contribution is 2.46. The molecule has 0 bridgehead atoms. The molecule has 3 heteroatoms. The number of pyridine rings is 1. The molecular weight excluding hydrogens is 191 g/mol. The van der Waals surface area contributed by atoms with Crippen molar-refractivity contribution in [2.45, 2.75) is 31.2 Å². The van der Waals surface area contributed by atoms with Crippen molar-refractivity contribution < 1.29 is 4.39 Å². The number of hydrogen-bond donors (Lipinski definition) is 0. The van der Waals surface area contributed by atoms with Gasteiger partial charge in [-0.25, -0.2) is 4.98 Å². The van der Waals surface area contributed by atoms with E-state index in [1.807, 2.05) is 6.07 Å². The molecular formula is C12H15FN2. The Kier molecular flexibility index (Phi) is 2.02. The predicted octanol–water partition coefficient (Wildman–Crippen LogP) is 2.31. The molecule has 2 fully saturated rings. The number of rotatable bonds is 1. The van der Waals surface area contributed by atoms with Crippen molar-refractivity contribution in [3.8, 4) is 0 Å². The molecule has 1 aromatic rings. The van der Waals surface area contributed by atoms with Crippen LogP contribution >= 0.6 is 0 Å². The van der Waals surface area contributed by atoms with E-state index in [2.05, 4.69) is 9.88 Å². The van der Waals surface area contributed by atoms with Crippen LogP contribution in [0.15, 0.2) is 18.3 Å². The summed E-state index contributed by atoms with van der Waals surface area (Å²) in [5.74, 6) is -0.377. The molecule has 2 saturated heterocycles. The van der Waals surface area contributed by atoms with Crippen LogP contribution in [0.4, 0.5) is 4.39 Å². The molecule has 0 N–H and O–H groups in total. The van der Waals surface area contributed by atoms with Gasteiger partial charge in [-0.15, -0.1) is 0 Å². The summed E-state index contributed by atoms with van der Waals surface area (Å²) in [5.41, 5.74) is 1.40. The van der Waals surface area contributed by atoms with E-state index in [4.69, 9.17) is 0 Å². The molecule has 0 aromatic carbocycles. The number of nitrogens with zero attached hydrogens (tertiary/aromatic N) is 2. The van der Waals surface area contributed by atoms with Crippen LogP contribution in [0.25, 0.3) is 0 Å². The summed E-state index contributed by atoms with van der Waals surface area (Å²) in [6.07, 6.45) is 6.66. The van der Waals surface area contributed by atoms with Crippen LogP contribution in [-0.4, -0.2) is 23.0 Å². The Labute approximate surface area is 89.1 Å². The zero-order valence-electron chi connectivity index (χ0n) is 8.75. The molecule has 0 saturated carbocycles. The van der Waals surface area contributed by atoms with E-state index >= 15 is 0 Å². The second-order valence-corrected chi connectivity index (χ2v) is 4.60. The lowest BCUT2D eigenvalue weighted by Crippen LogP contribution is -2.35. The topological polar surface area (TPSA) is 16.1 Å². The molecule has 0 amide bonds. The van der Waals surface area contributed by atoms with Gasteiger partial charge in [0.25, 0.3) is 0 Å². The summed E-state index contributed by atoms with van der Waals surface area (Å²) in [4.78, 5) is 6.33. The van der Waals surface area contributed by atoms with Crippen molar-refractivity contribution >= 4 is 0 Å². The molecule has 80 valence electrons. The van der Waals surface area contributed by atoms with Gasteiger partial charge in [0.05, 0.1) is 0 Å². The van der Waals surface area contributed by atoms with E-state index in [-0.39, 0.29) is 11.5 Å². The van der Waals surface area contributed by atoms with Crippen LogP contribution in [0.1, 0.15) is 31.2 Å². The number of hydrogen-bond acceptors (Lipinski definition) is 2. The number of aromatic nitrogens is 1. The Bertz CT molecular complexity index is 350. The standard InChI is InChI=1S/C12H15FN2/c13-11-4-3-10(9-14-11)12-5-1-7-15(12)8-2-6-12/h3-4,9H,1-2,5-8H2. The third-order valence-electron chi connectivity index (χ3n) is 3.91. The summed E-state index contributed by atoms with van der Waals surface area (Å²) in [6.45, 7) is 2.38. The molecule has 3 heterocycles. The lowest BCUT2D eigenvalue weighted by Gasteiger charge is -2.32. The van der Waals surface area contributed by atoms with Crippen LogP contribution in [0.3, 0.4) is 0 Å². The van der Waals surface area contributed by atoms with Crippen molar-refractivity contribution in [1.29, 1.82) is 0 Å². The minimum absolute atomic E-state index is 0.195. The first-order chi connectivity index (χ1) is 7.31. The Morgan fingerprint density at radius 2 is 1.93 bits per heavy atom. The minimum Gasteiger partial charge on any atom is -0.294 e. The Balaban J connectivity index is 2.01. The van der Waals surface area contributed by atoms with Gasteiger partial charge in [-0.2, -0.15) is 4.39 Å². The maximum Gasteiger partial charge on any atom is 0.212 e. The Hall–Kier alpha value is -0.960. The van der Waals surface area contributed by atoms with Gasteiger partial charge in [0.1, 0.15) is 0 Å². The van der Waals surface area contributed by atoms with Crippen molar-refractivity contribution in [2.75, 3.05) is 13.1 Å². The van der Waals surface area contributed by atoms with Gasteiger partial charge in [-0.05, 0) is 50.4 Å². The fourth-order valence-corrected chi connectivity index (χ4v) is 3.23. The van der Waals surface area contributed by atoms with Crippen LogP contribution in [0.5, 0.6) is 0 Å². The maximum atomic E-state index is 12.8. The molecule has 0 atom stereocenters. The third kappa shape index (κ3) is 1.29. The summed E-state index contributed by atoms with van der Waals surface area (Å²) >= 11 is 0. The van der Waals surface area contributed by atoms with Crippen molar-refractivity contribution in [3.63, 3.8) is 0 Å². The average molecular weight is 206 g/mol. The second-order valence-electron chi connectivity index (χ2n) is 4.60. The first kappa shape index (κ1) is 9.28. The molecule has 1 aromatic heterocycles. The Morgan fingerprint density at radius 3 is 2.53 bits per heavy atom. The molecule has 0 unspecified atom stereocenters. The van der Waals surface area contributed by atoms with E-state index in [1.165, 1.54) is 50.4 Å². The zero-order valence-corrected chi connectivity index (χ0v) is 8.75. The highest BCUT2D eigenvalue weighted by molar-refractivity contribution is 5.24. The zero-order chi connectivity index (χ0) is 10.3. The van der Waals surface area contributed by atoms with Crippen molar-refractivity contribution in [3.05, 3.63) is 29.8 Å². The quantitative estimate of drug-likeness (QED) is 0.655. The summed E-state index contributed by atoms with van der Waals surface area (Å²) in [6, 6.07) is 3.39. The van der Waals surface area contributed by atoms with Crippen LogP contribution in [0, 0.1) is 5.95 Å². The molecule has 0 aliphatic carbocycles. The highest BCUT2D eigenvalue weighted by Gasteiger charge is 2.45. The average Bonchev–Trinajstić information content (AvgIpc) is 2.77. The lowest BCUT2D eigenvalue weighted by molar-refractivity contribution is 0.196. The van der Waals surface area contributed by atoms with Crippen molar-refractivity contribution in [2.24, 2.45) is 0 Å². The highest BCUT2D eigenvalue weighted by atomic mass is 19.1. The fourth-order valence-electron chi connectivity index (χ4n) is 3.23. The molecule has 0 radical (unpaired) electrons. The van der Waals surface area contributed by atoms with Gasteiger partial charge in [-0.1, -0.05) is 6.07 Å². The molecule has 0 spiro atoms. The van der Waals surface area contributed by atoms with E-state index < -0.39 is 0 Å². The van der Waals surface area contributed by atoms with E-state index in [0.717, 1.165) is 0 Å². The summed E-state index contributed by atoms with van der Waals surface area (Å²) < 4.78 is 12.8. The molecule has 2 aliphatic heterocycles. The van der Waals surface area contributed by atoms with Crippen LogP contribution in [-0.2, 0) is 5.54 Å². The van der Waals surface area contributed by atoms with Crippen LogP contribution < -0.4 is 0 Å². The van der Waals surface area contributed by atoms with Gasteiger partial charge < -0.3 is 0 Å². The normalized spacial score (nSPS) is 24.3. The lowest BCUT2D eigenvalue weighted by atomic mass is 9.87. The first-order valence-electron chi connectivity index (χ1n) is 5.68. The molecule has 15 heavy (non-hydrogen) atoms.